The smallest absolute Gasteiger partial charge is 0.253 e. The molecule has 2 aliphatic heterocycles. The Hall–Kier alpha value is -1.50. The summed E-state index contributed by atoms with van der Waals surface area (Å²) in [6, 6.07) is 6.73. The molecule has 126 valence electrons. The molecule has 5 nitrogen and oxygen atoms in total. The fourth-order valence-electron chi connectivity index (χ4n) is 3.17. The van der Waals surface area contributed by atoms with Crippen molar-refractivity contribution >= 4 is 5.91 Å². The summed E-state index contributed by atoms with van der Waals surface area (Å²) in [7, 11) is 0. The summed E-state index contributed by atoms with van der Waals surface area (Å²) >= 11 is 0. The van der Waals surface area contributed by atoms with Crippen LogP contribution in [0.15, 0.2) is 24.3 Å². The van der Waals surface area contributed by atoms with Gasteiger partial charge >= 0.3 is 0 Å². The summed E-state index contributed by atoms with van der Waals surface area (Å²) in [6.07, 6.45) is 0.583. The average molecular weight is 321 g/mol. The van der Waals surface area contributed by atoms with Gasteiger partial charge in [0.2, 0.25) is 0 Å². The van der Waals surface area contributed by atoms with Gasteiger partial charge in [0.1, 0.15) is 11.9 Å². The summed E-state index contributed by atoms with van der Waals surface area (Å²) in [5, 5.41) is 3.20. The molecule has 2 fully saturated rings. The van der Waals surface area contributed by atoms with Gasteiger partial charge in [0, 0.05) is 45.8 Å². The van der Waals surface area contributed by atoms with Crippen LogP contribution < -0.4 is 5.32 Å². The largest absolute Gasteiger partial charge is 0.366 e. The summed E-state index contributed by atoms with van der Waals surface area (Å²) in [6.45, 7) is 5.92. The normalized spacial score (nSPS) is 23.5. The van der Waals surface area contributed by atoms with E-state index in [9.17, 15) is 9.18 Å². The molecule has 0 aromatic heterocycles. The Labute approximate surface area is 136 Å². The van der Waals surface area contributed by atoms with E-state index in [1.165, 1.54) is 6.07 Å². The Morgan fingerprint density at radius 3 is 3.00 bits per heavy atom. The number of hydrogen-bond donors (Lipinski definition) is 1. The Kier molecular flexibility index (Phi) is 5.59. The molecule has 0 spiro atoms. The predicted molar refractivity (Wildman–Crippen MR) is 85.5 cm³/mol. The lowest BCUT2D eigenvalue weighted by molar-refractivity contribution is -0.145. The van der Waals surface area contributed by atoms with Crippen LogP contribution >= 0.6 is 0 Å². The molecule has 0 radical (unpaired) electrons. The molecular formula is C17H24FN3O2. The second-order valence-electron chi connectivity index (χ2n) is 6.15. The topological polar surface area (TPSA) is 44.8 Å². The van der Waals surface area contributed by atoms with Crippen molar-refractivity contribution in [1.29, 1.82) is 0 Å². The molecule has 1 N–H and O–H groups in total. The Balaban J connectivity index is 1.53. The van der Waals surface area contributed by atoms with E-state index in [4.69, 9.17) is 4.74 Å². The van der Waals surface area contributed by atoms with Crippen LogP contribution in [0.5, 0.6) is 0 Å². The first-order valence-electron chi connectivity index (χ1n) is 8.30. The lowest BCUT2D eigenvalue weighted by Gasteiger charge is -2.29. The van der Waals surface area contributed by atoms with Gasteiger partial charge in [0.25, 0.3) is 5.91 Å². The van der Waals surface area contributed by atoms with Gasteiger partial charge in [-0.1, -0.05) is 12.1 Å². The lowest BCUT2D eigenvalue weighted by atomic mass is 10.2. The zero-order valence-electron chi connectivity index (χ0n) is 13.3. The molecule has 1 aromatic rings. The highest BCUT2D eigenvalue weighted by Crippen LogP contribution is 2.12. The number of amides is 1. The minimum Gasteiger partial charge on any atom is -0.366 e. The number of benzene rings is 1. The van der Waals surface area contributed by atoms with Crippen molar-refractivity contribution in [2.45, 2.75) is 19.1 Å². The van der Waals surface area contributed by atoms with Crippen molar-refractivity contribution < 1.29 is 13.9 Å². The van der Waals surface area contributed by atoms with Crippen LogP contribution in [0.3, 0.4) is 0 Å². The number of nitrogens with zero attached hydrogens (tertiary/aromatic N) is 2. The standard InChI is InChI=1S/C17H24FN3O2/c18-15-4-1-3-14(11-15)13-20-6-2-7-21(9-8-20)17(22)16-12-19-5-10-23-16/h1,3-4,11,16,19H,2,5-10,12-13H2/t16-/m0/s1. The Morgan fingerprint density at radius 1 is 1.30 bits per heavy atom. The molecule has 0 bridgehead atoms. The predicted octanol–water partition coefficient (Wildman–Crippen LogP) is 0.848. The third-order valence-corrected chi connectivity index (χ3v) is 4.40. The van der Waals surface area contributed by atoms with Crippen LogP contribution in [0.25, 0.3) is 0 Å². The number of morpholine rings is 1. The first-order valence-corrected chi connectivity index (χ1v) is 8.30. The first-order chi connectivity index (χ1) is 11.2. The minimum atomic E-state index is -0.349. The maximum atomic E-state index is 13.3. The van der Waals surface area contributed by atoms with Gasteiger partial charge in [-0.15, -0.1) is 0 Å². The van der Waals surface area contributed by atoms with Crippen LogP contribution in [-0.2, 0) is 16.1 Å². The van der Waals surface area contributed by atoms with Gasteiger partial charge in [-0.2, -0.15) is 0 Å². The van der Waals surface area contributed by atoms with Crippen molar-refractivity contribution in [2.24, 2.45) is 0 Å². The first kappa shape index (κ1) is 16.4. The van der Waals surface area contributed by atoms with Crippen molar-refractivity contribution in [3.63, 3.8) is 0 Å². The summed E-state index contributed by atoms with van der Waals surface area (Å²) in [4.78, 5) is 16.7. The van der Waals surface area contributed by atoms with Gasteiger partial charge in [-0.3, -0.25) is 9.69 Å². The molecule has 1 aromatic carbocycles. The molecule has 1 amide bonds. The third kappa shape index (κ3) is 4.50. The maximum absolute atomic E-state index is 13.3. The van der Waals surface area contributed by atoms with Crippen molar-refractivity contribution in [3.05, 3.63) is 35.6 Å². The van der Waals surface area contributed by atoms with Gasteiger partial charge in [-0.25, -0.2) is 4.39 Å². The Bertz CT molecular complexity index is 534. The number of halogens is 1. The molecule has 6 heteroatoms. The quantitative estimate of drug-likeness (QED) is 0.896. The average Bonchev–Trinajstić information content (AvgIpc) is 2.81. The lowest BCUT2D eigenvalue weighted by Crippen LogP contribution is -2.50. The minimum absolute atomic E-state index is 0.0878. The number of ether oxygens (including phenoxy) is 1. The molecule has 0 aliphatic carbocycles. The van der Waals surface area contributed by atoms with Crippen LogP contribution in [0, 0.1) is 5.82 Å². The van der Waals surface area contributed by atoms with E-state index in [0.717, 1.165) is 44.7 Å². The van der Waals surface area contributed by atoms with Crippen LogP contribution in [0.2, 0.25) is 0 Å². The highest BCUT2D eigenvalue weighted by Gasteiger charge is 2.28. The van der Waals surface area contributed by atoms with Gasteiger partial charge in [0.15, 0.2) is 0 Å². The fourth-order valence-corrected chi connectivity index (χ4v) is 3.17. The molecule has 23 heavy (non-hydrogen) atoms. The fraction of sp³-hybridized carbons (Fsp3) is 0.588. The maximum Gasteiger partial charge on any atom is 0.253 e. The summed E-state index contributed by atoms with van der Waals surface area (Å²) in [5.41, 5.74) is 0.976. The van der Waals surface area contributed by atoms with Crippen LogP contribution in [-0.4, -0.2) is 67.7 Å². The van der Waals surface area contributed by atoms with Crippen molar-refractivity contribution in [3.8, 4) is 0 Å². The van der Waals surface area contributed by atoms with E-state index in [0.29, 0.717) is 19.7 Å². The summed E-state index contributed by atoms with van der Waals surface area (Å²) < 4.78 is 18.8. The van der Waals surface area contributed by atoms with Crippen molar-refractivity contribution in [1.82, 2.24) is 15.1 Å². The monoisotopic (exact) mass is 321 g/mol. The number of nitrogens with one attached hydrogen (secondary N) is 1. The van der Waals surface area contributed by atoms with E-state index in [1.54, 1.807) is 12.1 Å². The third-order valence-electron chi connectivity index (χ3n) is 4.40. The van der Waals surface area contributed by atoms with E-state index in [2.05, 4.69) is 10.2 Å². The van der Waals surface area contributed by atoms with Gasteiger partial charge in [-0.05, 0) is 24.1 Å². The zero-order chi connectivity index (χ0) is 16.1. The van der Waals surface area contributed by atoms with E-state index < -0.39 is 0 Å². The van der Waals surface area contributed by atoms with Crippen LogP contribution in [0.1, 0.15) is 12.0 Å². The second kappa shape index (κ2) is 7.86. The molecule has 0 saturated carbocycles. The Morgan fingerprint density at radius 2 is 2.22 bits per heavy atom. The highest BCUT2D eigenvalue weighted by atomic mass is 19.1. The number of carbonyl (C=O) groups excluding carboxylic acids is 1. The molecule has 2 saturated heterocycles. The van der Waals surface area contributed by atoms with Crippen LogP contribution in [0.4, 0.5) is 4.39 Å². The van der Waals surface area contributed by atoms with E-state index in [-0.39, 0.29) is 17.8 Å². The molecule has 2 heterocycles. The molecule has 2 aliphatic rings. The molecule has 0 unspecified atom stereocenters. The second-order valence-corrected chi connectivity index (χ2v) is 6.15. The number of hydrogen-bond acceptors (Lipinski definition) is 4. The van der Waals surface area contributed by atoms with E-state index >= 15 is 0 Å². The summed E-state index contributed by atoms with van der Waals surface area (Å²) in [5.74, 6) is -0.110. The zero-order valence-corrected chi connectivity index (χ0v) is 13.3. The molecule has 1 atom stereocenters. The highest BCUT2D eigenvalue weighted by molar-refractivity contribution is 5.81. The molecular weight excluding hydrogens is 297 g/mol. The SMILES string of the molecule is O=C([C@@H]1CNCCO1)N1CCCN(Cc2cccc(F)c2)CC1. The number of carbonyl (C=O) groups is 1. The molecule has 3 rings (SSSR count). The van der Waals surface area contributed by atoms with Gasteiger partial charge in [0.05, 0.1) is 6.61 Å². The number of rotatable bonds is 3. The van der Waals surface area contributed by atoms with Gasteiger partial charge < -0.3 is 15.0 Å². The van der Waals surface area contributed by atoms with Crippen molar-refractivity contribution in [2.75, 3.05) is 45.9 Å². The van der Waals surface area contributed by atoms with E-state index in [1.807, 2.05) is 11.0 Å².